The van der Waals surface area contributed by atoms with Crippen molar-refractivity contribution >= 4 is 0 Å². The molecule has 2 aromatic rings. The fourth-order valence-electron chi connectivity index (χ4n) is 2.98. The lowest BCUT2D eigenvalue weighted by atomic mass is 10.00. The van der Waals surface area contributed by atoms with Gasteiger partial charge in [-0.2, -0.15) is 0 Å². The third-order valence-corrected chi connectivity index (χ3v) is 4.19. The number of pyridine rings is 2. The fourth-order valence-corrected chi connectivity index (χ4v) is 2.98. The first-order valence-electron chi connectivity index (χ1n) is 7.43. The molecule has 110 valence electrons. The summed E-state index contributed by atoms with van der Waals surface area (Å²) in [4.78, 5) is 11.0. The highest BCUT2D eigenvalue weighted by atomic mass is 16.3. The molecule has 0 spiro atoms. The first kappa shape index (κ1) is 14.2. The molecule has 0 aliphatic carbocycles. The fraction of sp³-hybridized carbons (Fsp3) is 0.412. The second-order valence-corrected chi connectivity index (χ2v) is 5.79. The van der Waals surface area contributed by atoms with E-state index in [0.717, 1.165) is 37.4 Å². The van der Waals surface area contributed by atoms with Gasteiger partial charge in [-0.05, 0) is 37.1 Å². The molecule has 2 atom stereocenters. The predicted octanol–water partition coefficient (Wildman–Crippen LogP) is 1.82. The summed E-state index contributed by atoms with van der Waals surface area (Å²) in [5.41, 5.74) is 3.37. The lowest BCUT2D eigenvalue weighted by molar-refractivity contribution is 0.140. The van der Waals surface area contributed by atoms with Gasteiger partial charge in [-0.15, -0.1) is 0 Å². The number of nitrogens with zero attached hydrogens (tertiary/aromatic N) is 3. The van der Waals surface area contributed by atoms with Crippen molar-refractivity contribution < 1.29 is 5.11 Å². The molecule has 1 aliphatic rings. The largest absolute Gasteiger partial charge is 0.391 e. The minimum Gasteiger partial charge on any atom is -0.391 e. The van der Waals surface area contributed by atoms with E-state index in [1.54, 1.807) is 0 Å². The summed E-state index contributed by atoms with van der Waals surface area (Å²) >= 11 is 0. The Morgan fingerprint density at radius 3 is 2.76 bits per heavy atom. The normalized spacial score (nSPS) is 22.6. The summed E-state index contributed by atoms with van der Waals surface area (Å²) in [5, 5.41) is 10.3. The van der Waals surface area contributed by atoms with Crippen LogP contribution in [0.3, 0.4) is 0 Å². The maximum absolute atomic E-state index is 10.3. The van der Waals surface area contributed by atoms with Crippen LogP contribution in [0.4, 0.5) is 0 Å². The number of hydrogen-bond acceptors (Lipinski definition) is 4. The van der Waals surface area contributed by atoms with Crippen LogP contribution < -0.4 is 0 Å². The standard InChI is InChI=1S/C17H21N3O/c1-13-14(5-4-8-18-13)10-20-11-15(17(21)12-20)9-16-6-2-3-7-19-16/h2-8,15,17,21H,9-12H2,1H3/t15-,17-/m1/s1. The summed E-state index contributed by atoms with van der Waals surface area (Å²) in [5.74, 6) is 0.261. The van der Waals surface area contributed by atoms with E-state index in [0.29, 0.717) is 0 Å². The Bertz CT molecular complexity index is 588. The molecule has 3 rings (SSSR count). The number of aliphatic hydroxyl groups excluding tert-OH is 1. The van der Waals surface area contributed by atoms with E-state index in [9.17, 15) is 5.11 Å². The van der Waals surface area contributed by atoms with Crippen molar-refractivity contribution in [2.24, 2.45) is 5.92 Å². The van der Waals surface area contributed by atoms with Crippen LogP contribution in [-0.2, 0) is 13.0 Å². The van der Waals surface area contributed by atoms with Gasteiger partial charge in [0, 0.05) is 49.3 Å². The molecule has 0 unspecified atom stereocenters. The smallest absolute Gasteiger partial charge is 0.0711 e. The number of aliphatic hydroxyl groups is 1. The number of β-amino-alcohol motifs (C(OH)–C–C–N with tert-alkyl or cyclic N) is 1. The van der Waals surface area contributed by atoms with Crippen LogP contribution in [0.2, 0.25) is 0 Å². The lowest BCUT2D eigenvalue weighted by Crippen LogP contribution is -2.22. The Balaban J connectivity index is 1.62. The zero-order valence-corrected chi connectivity index (χ0v) is 12.3. The average molecular weight is 283 g/mol. The molecule has 0 amide bonds. The van der Waals surface area contributed by atoms with Crippen molar-refractivity contribution in [2.45, 2.75) is 26.0 Å². The number of likely N-dealkylation sites (tertiary alicyclic amines) is 1. The van der Waals surface area contributed by atoms with Crippen LogP contribution >= 0.6 is 0 Å². The number of hydrogen-bond donors (Lipinski definition) is 1. The number of aromatic nitrogens is 2. The van der Waals surface area contributed by atoms with Gasteiger partial charge in [0.1, 0.15) is 0 Å². The summed E-state index contributed by atoms with van der Waals surface area (Å²) < 4.78 is 0. The molecule has 0 aromatic carbocycles. The Kier molecular flexibility index (Phi) is 4.27. The van der Waals surface area contributed by atoms with E-state index >= 15 is 0 Å². The first-order valence-corrected chi connectivity index (χ1v) is 7.43. The van der Waals surface area contributed by atoms with Gasteiger partial charge >= 0.3 is 0 Å². The molecule has 0 bridgehead atoms. The van der Waals surface area contributed by atoms with E-state index < -0.39 is 0 Å². The Morgan fingerprint density at radius 1 is 1.14 bits per heavy atom. The average Bonchev–Trinajstić information content (AvgIpc) is 2.82. The van der Waals surface area contributed by atoms with E-state index in [1.807, 2.05) is 43.6 Å². The molecule has 1 fully saturated rings. The summed E-state index contributed by atoms with van der Waals surface area (Å²) in [6.07, 6.45) is 4.20. The third-order valence-electron chi connectivity index (χ3n) is 4.19. The molecule has 1 aliphatic heterocycles. The Morgan fingerprint density at radius 2 is 2.00 bits per heavy atom. The van der Waals surface area contributed by atoms with E-state index in [4.69, 9.17) is 0 Å². The molecule has 3 heterocycles. The number of rotatable bonds is 4. The van der Waals surface area contributed by atoms with E-state index in [-0.39, 0.29) is 12.0 Å². The van der Waals surface area contributed by atoms with Gasteiger partial charge in [0.2, 0.25) is 0 Å². The quantitative estimate of drug-likeness (QED) is 0.930. The molecule has 21 heavy (non-hydrogen) atoms. The minimum absolute atomic E-state index is 0.261. The van der Waals surface area contributed by atoms with Gasteiger partial charge in [0.05, 0.1) is 6.10 Å². The zero-order chi connectivity index (χ0) is 14.7. The second-order valence-electron chi connectivity index (χ2n) is 5.79. The van der Waals surface area contributed by atoms with Crippen LogP contribution in [0, 0.1) is 12.8 Å². The van der Waals surface area contributed by atoms with Gasteiger partial charge in [-0.3, -0.25) is 14.9 Å². The molecule has 4 nitrogen and oxygen atoms in total. The molecule has 2 aromatic heterocycles. The minimum atomic E-state index is -0.274. The molecule has 0 saturated carbocycles. The van der Waals surface area contributed by atoms with Crippen LogP contribution in [0.1, 0.15) is 17.0 Å². The van der Waals surface area contributed by atoms with Crippen molar-refractivity contribution in [1.29, 1.82) is 0 Å². The third kappa shape index (κ3) is 3.46. The maximum atomic E-state index is 10.3. The maximum Gasteiger partial charge on any atom is 0.0711 e. The summed E-state index contributed by atoms with van der Waals surface area (Å²) in [6.45, 7) is 4.53. The van der Waals surface area contributed by atoms with Crippen molar-refractivity contribution in [3.05, 3.63) is 59.7 Å². The van der Waals surface area contributed by atoms with E-state index in [2.05, 4.69) is 20.9 Å². The molecule has 0 radical (unpaired) electrons. The lowest BCUT2D eigenvalue weighted by Gasteiger charge is -2.16. The van der Waals surface area contributed by atoms with Gasteiger partial charge in [-0.25, -0.2) is 0 Å². The summed E-state index contributed by atoms with van der Waals surface area (Å²) in [7, 11) is 0. The topological polar surface area (TPSA) is 49.2 Å². The molecular formula is C17H21N3O. The first-order chi connectivity index (χ1) is 10.2. The zero-order valence-electron chi connectivity index (χ0n) is 12.3. The van der Waals surface area contributed by atoms with Crippen molar-refractivity contribution in [3.63, 3.8) is 0 Å². The highest BCUT2D eigenvalue weighted by molar-refractivity contribution is 5.18. The Labute approximate surface area is 125 Å². The van der Waals surface area contributed by atoms with Crippen molar-refractivity contribution in [2.75, 3.05) is 13.1 Å². The van der Waals surface area contributed by atoms with Crippen LogP contribution in [-0.4, -0.2) is 39.2 Å². The summed E-state index contributed by atoms with van der Waals surface area (Å²) in [6, 6.07) is 10.0. The second kappa shape index (κ2) is 6.33. The van der Waals surface area contributed by atoms with Gasteiger partial charge < -0.3 is 5.11 Å². The highest BCUT2D eigenvalue weighted by Gasteiger charge is 2.31. The monoisotopic (exact) mass is 283 g/mol. The van der Waals surface area contributed by atoms with E-state index in [1.165, 1.54) is 5.56 Å². The van der Waals surface area contributed by atoms with Crippen LogP contribution in [0.5, 0.6) is 0 Å². The van der Waals surface area contributed by atoms with Crippen molar-refractivity contribution in [1.82, 2.24) is 14.9 Å². The van der Waals surface area contributed by atoms with Crippen LogP contribution in [0.15, 0.2) is 42.7 Å². The Hall–Kier alpha value is -1.78. The molecule has 1 N–H and O–H groups in total. The molecular weight excluding hydrogens is 262 g/mol. The van der Waals surface area contributed by atoms with Crippen molar-refractivity contribution in [3.8, 4) is 0 Å². The van der Waals surface area contributed by atoms with Gasteiger partial charge in [0.25, 0.3) is 0 Å². The van der Waals surface area contributed by atoms with Crippen LogP contribution in [0.25, 0.3) is 0 Å². The molecule has 4 heteroatoms. The molecule has 1 saturated heterocycles. The van der Waals surface area contributed by atoms with Gasteiger partial charge in [0.15, 0.2) is 0 Å². The number of aryl methyl sites for hydroxylation is 1. The highest BCUT2D eigenvalue weighted by Crippen LogP contribution is 2.22. The van der Waals surface area contributed by atoms with Gasteiger partial charge in [-0.1, -0.05) is 12.1 Å². The SMILES string of the molecule is Cc1ncccc1CN1C[C@@H](Cc2ccccn2)[C@H](O)C1. The predicted molar refractivity (Wildman–Crippen MR) is 81.7 cm³/mol.